The molecule has 1 aromatic heterocycles. The van der Waals surface area contributed by atoms with Crippen LogP contribution in [0, 0.1) is 0 Å². The molecular weight excluding hydrogens is 260 g/mol. The SMILES string of the molecule is Nc1cccc(Cl)c1-c1nncn1C1CCCCC1. The summed E-state index contributed by atoms with van der Waals surface area (Å²) in [6, 6.07) is 6.01. The minimum atomic E-state index is 0.467. The maximum atomic E-state index is 6.27. The Morgan fingerprint density at radius 2 is 2.00 bits per heavy atom. The highest BCUT2D eigenvalue weighted by Crippen LogP contribution is 2.36. The molecule has 1 aromatic carbocycles. The van der Waals surface area contributed by atoms with Gasteiger partial charge in [0.15, 0.2) is 5.82 Å². The van der Waals surface area contributed by atoms with Crippen molar-refractivity contribution in [3.63, 3.8) is 0 Å². The predicted octanol–water partition coefficient (Wildman–Crippen LogP) is 3.69. The number of nitrogen functional groups attached to an aromatic ring is 1. The van der Waals surface area contributed by atoms with E-state index in [9.17, 15) is 0 Å². The van der Waals surface area contributed by atoms with Gasteiger partial charge in [0.1, 0.15) is 6.33 Å². The predicted molar refractivity (Wildman–Crippen MR) is 77.0 cm³/mol. The Kier molecular flexibility index (Phi) is 3.42. The monoisotopic (exact) mass is 276 g/mol. The lowest BCUT2D eigenvalue weighted by Crippen LogP contribution is -2.13. The number of hydrogen-bond donors (Lipinski definition) is 1. The molecule has 19 heavy (non-hydrogen) atoms. The highest BCUT2D eigenvalue weighted by Gasteiger charge is 2.21. The number of anilines is 1. The summed E-state index contributed by atoms with van der Waals surface area (Å²) in [7, 11) is 0. The van der Waals surface area contributed by atoms with Gasteiger partial charge in [-0.2, -0.15) is 0 Å². The van der Waals surface area contributed by atoms with Gasteiger partial charge in [-0.1, -0.05) is 36.9 Å². The number of hydrogen-bond acceptors (Lipinski definition) is 3. The smallest absolute Gasteiger partial charge is 0.167 e. The second-order valence-electron chi connectivity index (χ2n) is 5.06. The zero-order valence-electron chi connectivity index (χ0n) is 10.7. The van der Waals surface area contributed by atoms with E-state index in [1.165, 1.54) is 32.1 Å². The maximum Gasteiger partial charge on any atom is 0.167 e. The molecule has 1 aliphatic carbocycles. The van der Waals surface area contributed by atoms with E-state index in [1.54, 1.807) is 6.33 Å². The molecule has 4 nitrogen and oxygen atoms in total. The van der Waals surface area contributed by atoms with E-state index in [0.717, 1.165) is 11.4 Å². The van der Waals surface area contributed by atoms with Gasteiger partial charge in [-0.05, 0) is 25.0 Å². The van der Waals surface area contributed by atoms with E-state index in [-0.39, 0.29) is 0 Å². The first-order chi connectivity index (χ1) is 9.27. The molecule has 100 valence electrons. The summed E-state index contributed by atoms with van der Waals surface area (Å²) in [5, 5.41) is 8.92. The Morgan fingerprint density at radius 3 is 2.74 bits per heavy atom. The van der Waals surface area contributed by atoms with Crippen molar-refractivity contribution in [3.05, 3.63) is 29.5 Å². The summed E-state index contributed by atoms with van der Waals surface area (Å²) in [5.74, 6) is 0.787. The Hall–Kier alpha value is -1.55. The van der Waals surface area contributed by atoms with Crippen molar-refractivity contribution in [2.45, 2.75) is 38.1 Å². The molecule has 0 aliphatic heterocycles. The number of halogens is 1. The first-order valence-electron chi connectivity index (χ1n) is 6.71. The lowest BCUT2D eigenvalue weighted by molar-refractivity contribution is 0.355. The van der Waals surface area contributed by atoms with Crippen molar-refractivity contribution in [1.82, 2.24) is 14.8 Å². The number of nitrogens with two attached hydrogens (primary N) is 1. The third kappa shape index (κ3) is 2.32. The summed E-state index contributed by atoms with van der Waals surface area (Å²) in [5.41, 5.74) is 7.49. The van der Waals surface area contributed by atoms with Crippen molar-refractivity contribution in [1.29, 1.82) is 0 Å². The highest BCUT2D eigenvalue weighted by molar-refractivity contribution is 6.33. The standard InChI is InChI=1S/C14H17ClN4/c15-11-7-4-8-12(16)13(11)14-18-17-9-19(14)10-5-2-1-3-6-10/h4,7-10H,1-3,5-6,16H2. The Morgan fingerprint density at radius 1 is 1.21 bits per heavy atom. The van der Waals surface area contributed by atoms with Crippen LogP contribution in [-0.2, 0) is 0 Å². The molecular formula is C14H17ClN4. The van der Waals surface area contributed by atoms with Gasteiger partial charge >= 0.3 is 0 Å². The van der Waals surface area contributed by atoms with E-state index in [1.807, 2.05) is 18.2 Å². The van der Waals surface area contributed by atoms with E-state index in [4.69, 9.17) is 17.3 Å². The minimum Gasteiger partial charge on any atom is -0.398 e. The third-order valence-electron chi connectivity index (χ3n) is 3.81. The second-order valence-corrected chi connectivity index (χ2v) is 5.46. The maximum absolute atomic E-state index is 6.27. The zero-order chi connectivity index (χ0) is 13.2. The molecule has 0 spiro atoms. The molecule has 0 bridgehead atoms. The molecule has 1 fully saturated rings. The van der Waals surface area contributed by atoms with Crippen LogP contribution in [-0.4, -0.2) is 14.8 Å². The lowest BCUT2D eigenvalue weighted by atomic mass is 9.95. The fourth-order valence-electron chi connectivity index (χ4n) is 2.82. The average molecular weight is 277 g/mol. The molecule has 3 rings (SSSR count). The van der Waals surface area contributed by atoms with Crippen molar-refractivity contribution in [2.75, 3.05) is 5.73 Å². The first kappa shape index (κ1) is 12.5. The summed E-state index contributed by atoms with van der Waals surface area (Å²) < 4.78 is 2.14. The van der Waals surface area contributed by atoms with Crippen LogP contribution in [0.5, 0.6) is 0 Å². The Labute approximate surface area is 117 Å². The fourth-order valence-corrected chi connectivity index (χ4v) is 3.09. The number of rotatable bonds is 2. The van der Waals surface area contributed by atoms with E-state index < -0.39 is 0 Å². The third-order valence-corrected chi connectivity index (χ3v) is 4.13. The van der Waals surface area contributed by atoms with E-state index >= 15 is 0 Å². The van der Waals surface area contributed by atoms with Gasteiger partial charge in [0.2, 0.25) is 0 Å². The van der Waals surface area contributed by atoms with Gasteiger partial charge in [0.25, 0.3) is 0 Å². The molecule has 0 unspecified atom stereocenters. The van der Waals surface area contributed by atoms with Gasteiger partial charge in [0, 0.05) is 11.7 Å². The van der Waals surface area contributed by atoms with Crippen LogP contribution in [0.1, 0.15) is 38.1 Å². The highest BCUT2D eigenvalue weighted by atomic mass is 35.5. The van der Waals surface area contributed by atoms with Crippen LogP contribution in [0.25, 0.3) is 11.4 Å². The molecule has 2 N–H and O–H groups in total. The molecule has 1 aliphatic rings. The average Bonchev–Trinajstić information content (AvgIpc) is 2.89. The van der Waals surface area contributed by atoms with Gasteiger partial charge in [-0.15, -0.1) is 10.2 Å². The van der Waals surface area contributed by atoms with E-state index in [0.29, 0.717) is 16.8 Å². The zero-order valence-corrected chi connectivity index (χ0v) is 11.5. The topological polar surface area (TPSA) is 56.7 Å². The molecule has 1 heterocycles. The Balaban J connectivity index is 2.04. The van der Waals surface area contributed by atoms with Crippen LogP contribution >= 0.6 is 11.6 Å². The molecule has 5 heteroatoms. The fraction of sp³-hybridized carbons (Fsp3) is 0.429. The van der Waals surface area contributed by atoms with Gasteiger partial charge in [-0.3, -0.25) is 0 Å². The van der Waals surface area contributed by atoms with Crippen molar-refractivity contribution in [2.24, 2.45) is 0 Å². The summed E-state index contributed by atoms with van der Waals surface area (Å²) in [6.45, 7) is 0. The summed E-state index contributed by atoms with van der Waals surface area (Å²) in [4.78, 5) is 0. The molecule has 0 atom stereocenters. The van der Waals surface area contributed by atoms with Crippen LogP contribution < -0.4 is 5.73 Å². The van der Waals surface area contributed by atoms with Crippen molar-refractivity contribution >= 4 is 17.3 Å². The van der Waals surface area contributed by atoms with Crippen LogP contribution in [0.4, 0.5) is 5.69 Å². The van der Waals surface area contributed by atoms with Crippen LogP contribution in [0.2, 0.25) is 5.02 Å². The lowest BCUT2D eigenvalue weighted by Gasteiger charge is -2.24. The Bertz CT molecular complexity index is 552. The molecule has 0 amide bonds. The molecule has 2 aromatic rings. The number of aromatic nitrogens is 3. The number of benzene rings is 1. The van der Waals surface area contributed by atoms with Gasteiger partial charge in [-0.25, -0.2) is 0 Å². The first-order valence-corrected chi connectivity index (χ1v) is 7.09. The molecule has 1 saturated carbocycles. The van der Waals surface area contributed by atoms with Crippen molar-refractivity contribution in [3.8, 4) is 11.4 Å². The molecule has 0 saturated heterocycles. The second kappa shape index (κ2) is 5.21. The van der Waals surface area contributed by atoms with Gasteiger partial charge in [0.05, 0.1) is 10.6 Å². The summed E-state index contributed by atoms with van der Waals surface area (Å²) in [6.07, 6.45) is 8.00. The molecule has 0 radical (unpaired) electrons. The minimum absolute atomic E-state index is 0.467. The van der Waals surface area contributed by atoms with Crippen LogP contribution in [0.3, 0.4) is 0 Å². The van der Waals surface area contributed by atoms with Crippen molar-refractivity contribution < 1.29 is 0 Å². The number of nitrogens with zero attached hydrogens (tertiary/aromatic N) is 3. The van der Waals surface area contributed by atoms with Gasteiger partial charge < -0.3 is 10.3 Å². The quantitative estimate of drug-likeness (QED) is 0.851. The normalized spacial score (nSPS) is 16.7. The summed E-state index contributed by atoms with van der Waals surface area (Å²) >= 11 is 6.27. The largest absolute Gasteiger partial charge is 0.398 e. The van der Waals surface area contributed by atoms with E-state index in [2.05, 4.69) is 14.8 Å². The van der Waals surface area contributed by atoms with Crippen LogP contribution in [0.15, 0.2) is 24.5 Å².